The van der Waals surface area contributed by atoms with E-state index in [-0.39, 0.29) is 5.91 Å². The molecule has 6 heteroatoms. The summed E-state index contributed by atoms with van der Waals surface area (Å²) in [5, 5.41) is 3.58. The molecule has 1 aromatic heterocycles. The number of piperidine rings is 1. The van der Waals surface area contributed by atoms with Crippen LogP contribution in [0.3, 0.4) is 0 Å². The predicted octanol–water partition coefficient (Wildman–Crippen LogP) is 1.39. The predicted molar refractivity (Wildman–Crippen MR) is 76.3 cm³/mol. The van der Waals surface area contributed by atoms with Gasteiger partial charge in [-0.2, -0.15) is 0 Å². The van der Waals surface area contributed by atoms with Gasteiger partial charge in [-0.1, -0.05) is 11.3 Å². The molecule has 1 amide bonds. The molecule has 0 unspecified atom stereocenters. The third kappa shape index (κ3) is 2.90. The third-order valence-corrected chi connectivity index (χ3v) is 4.93. The number of hydrogen-bond acceptors (Lipinski definition) is 5. The lowest BCUT2D eigenvalue weighted by Crippen LogP contribution is -2.45. The number of aromatic nitrogens is 1. The molecule has 5 nitrogen and oxygen atoms in total. The molecular formula is C13H20N4OS. The molecule has 3 rings (SSSR count). The summed E-state index contributed by atoms with van der Waals surface area (Å²) >= 11 is 1.27. The normalized spacial score (nSPS) is 21.5. The van der Waals surface area contributed by atoms with E-state index in [0.29, 0.717) is 16.1 Å². The van der Waals surface area contributed by atoms with E-state index in [1.54, 1.807) is 0 Å². The largest absolute Gasteiger partial charge is 0.375 e. The summed E-state index contributed by atoms with van der Waals surface area (Å²) in [6, 6.07) is 1.13. The minimum atomic E-state index is -0.0171. The van der Waals surface area contributed by atoms with Crippen molar-refractivity contribution >= 4 is 22.4 Å². The zero-order valence-electron chi connectivity index (χ0n) is 11.2. The summed E-state index contributed by atoms with van der Waals surface area (Å²) < 4.78 is 0. The Bertz CT molecular complexity index is 475. The molecule has 3 N–H and O–H groups in total. The molecule has 2 heterocycles. The second-order valence-corrected chi connectivity index (χ2v) is 6.51. The van der Waals surface area contributed by atoms with E-state index >= 15 is 0 Å². The van der Waals surface area contributed by atoms with Gasteiger partial charge in [-0.25, -0.2) is 4.98 Å². The number of nitrogens with one attached hydrogen (secondary N) is 1. The smallest absolute Gasteiger partial charge is 0.263 e. The number of amides is 1. The van der Waals surface area contributed by atoms with Crippen molar-refractivity contribution in [3.05, 3.63) is 10.6 Å². The van der Waals surface area contributed by atoms with Crippen molar-refractivity contribution < 1.29 is 4.79 Å². The number of rotatable bonds is 3. The van der Waals surface area contributed by atoms with Crippen LogP contribution in [0.25, 0.3) is 0 Å². The number of anilines is 1. The molecule has 19 heavy (non-hydrogen) atoms. The maximum Gasteiger partial charge on any atom is 0.263 e. The quantitative estimate of drug-likeness (QED) is 0.877. The maximum atomic E-state index is 12.2. The Morgan fingerprint density at radius 1 is 1.37 bits per heavy atom. The van der Waals surface area contributed by atoms with E-state index in [4.69, 9.17) is 5.73 Å². The Hall–Kier alpha value is -1.14. The molecule has 0 radical (unpaired) electrons. The molecular weight excluding hydrogens is 260 g/mol. The van der Waals surface area contributed by atoms with Gasteiger partial charge in [-0.15, -0.1) is 0 Å². The second kappa shape index (κ2) is 5.09. The average molecular weight is 280 g/mol. The fraction of sp³-hybridized carbons (Fsp3) is 0.692. The standard InChI is InChI=1S/C13H20N4OS/c1-8-11(19-13(14)15-8)12(18)16-9-4-6-17(7-5-9)10-2-3-10/h9-10H,2-7H2,1H3,(H2,14,15)(H,16,18). The van der Waals surface area contributed by atoms with E-state index in [2.05, 4.69) is 15.2 Å². The van der Waals surface area contributed by atoms with Crippen LogP contribution in [0.15, 0.2) is 0 Å². The number of thiazole rings is 1. The number of nitrogens with zero attached hydrogens (tertiary/aromatic N) is 2. The van der Waals surface area contributed by atoms with E-state index < -0.39 is 0 Å². The summed E-state index contributed by atoms with van der Waals surface area (Å²) in [7, 11) is 0. The lowest BCUT2D eigenvalue weighted by Gasteiger charge is -2.32. The second-order valence-electron chi connectivity index (χ2n) is 5.48. The van der Waals surface area contributed by atoms with Crippen molar-refractivity contribution in [3.63, 3.8) is 0 Å². The van der Waals surface area contributed by atoms with Gasteiger partial charge in [0.25, 0.3) is 5.91 Å². The van der Waals surface area contributed by atoms with E-state index in [1.165, 1.54) is 24.2 Å². The van der Waals surface area contributed by atoms with Gasteiger partial charge >= 0.3 is 0 Å². The van der Waals surface area contributed by atoms with Crippen molar-refractivity contribution in [2.75, 3.05) is 18.8 Å². The number of aryl methyl sites for hydroxylation is 1. The van der Waals surface area contributed by atoms with Crippen LogP contribution in [-0.4, -0.2) is 41.0 Å². The minimum absolute atomic E-state index is 0.0171. The van der Waals surface area contributed by atoms with Gasteiger partial charge in [0.1, 0.15) is 4.88 Å². The Balaban J connectivity index is 1.54. The minimum Gasteiger partial charge on any atom is -0.375 e. The van der Waals surface area contributed by atoms with Gasteiger partial charge in [-0.3, -0.25) is 4.79 Å². The molecule has 104 valence electrons. The molecule has 1 aliphatic heterocycles. The number of carbonyl (C=O) groups excluding carboxylic acids is 1. The lowest BCUT2D eigenvalue weighted by molar-refractivity contribution is 0.0912. The molecule has 0 atom stereocenters. The van der Waals surface area contributed by atoms with Gasteiger partial charge in [0.05, 0.1) is 5.69 Å². The highest BCUT2D eigenvalue weighted by Crippen LogP contribution is 2.29. The van der Waals surface area contributed by atoms with Crippen LogP contribution in [0.4, 0.5) is 5.13 Å². The van der Waals surface area contributed by atoms with Crippen LogP contribution in [0.2, 0.25) is 0 Å². The highest BCUT2D eigenvalue weighted by atomic mass is 32.1. The Kier molecular flexibility index (Phi) is 3.45. The first-order valence-corrected chi connectivity index (χ1v) is 7.73. The lowest BCUT2D eigenvalue weighted by atomic mass is 10.0. The number of hydrogen-bond donors (Lipinski definition) is 2. The number of nitrogen functional groups attached to an aromatic ring is 1. The van der Waals surface area contributed by atoms with Crippen LogP contribution in [0, 0.1) is 6.92 Å². The van der Waals surface area contributed by atoms with Crippen molar-refractivity contribution in [2.24, 2.45) is 0 Å². The zero-order chi connectivity index (χ0) is 13.4. The number of carbonyl (C=O) groups is 1. The molecule has 0 spiro atoms. The Morgan fingerprint density at radius 3 is 2.58 bits per heavy atom. The first kappa shape index (κ1) is 12.9. The molecule has 1 saturated heterocycles. The maximum absolute atomic E-state index is 12.2. The molecule has 1 aliphatic carbocycles. The van der Waals surface area contributed by atoms with E-state index in [0.717, 1.165) is 37.7 Å². The molecule has 1 aromatic rings. The summed E-state index contributed by atoms with van der Waals surface area (Å²) in [4.78, 5) is 19.5. The van der Waals surface area contributed by atoms with Gasteiger partial charge in [-0.05, 0) is 32.6 Å². The van der Waals surface area contributed by atoms with Crippen LogP contribution in [0.5, 0.6) is 0 Å². The number of likely N-dealkylation sites (tertiary alicyclic amines) is 1. The molecule has 2 aliphatic rings. The SMILES string of the molecule is Cc1nc(N)sc1C(=O)NC1CCN(C2CC2)CC1. The molecule has 0 bridgehead atoms. The van der Waals surface area contributed by atoms with Crippen molar-refractivity contribution in [2.45, 2.75) is 44.7 Å². The number of nitrogens with two attached hydrogens (primary N) is 1. The molecule has 0 aromatic carbocycles. The monoisotopic (exact) mass is 280 g/mol. The van der Waals surface area contributed by atoms with E-state index in [1.807, 2.05) is 6.92 Å². The van der Waals surface area contributed by atoms with Gasteiger partial charge in [0.2, 0.25) is 0 Å². The molecule has 2 fully saturated rings. The van der Waals surface area contributed by atoms with E-state index in [9.17, 15) is 4.79 Å². The Morgan fingerprint density at radius 2 is 2.05 bits per heavy atom. The fourth-order valence-electron chi connectivity index (χ4n) is 2.73. The summed E-state index contributed by atoms with van der Waals surface area (Å²) in [6.07, 6.45) is 4.82. The van der Waals surface area contributed by atoms with Crippen LogP contribution in [0.1, 0.15) is 41.0 Å². The van der Waals surface area contributed by atoms with Crippen LogP contribution in [-0.2, 0) is 0 Å². The van der Waals surface area contributed by atoms with Crippen molar-refractivity contribution in [3.8, 4) is 0 Å². The zero-order valence-corrected chi connectivity index (χ0v) is 12.0. The summed E-state index contributed by atoms with van der Waals surface area (Å²) in [6.45, 7) is 4.05. The molecule has 1 saturated carbocycles. The van der Waals surface area contributed by atoms with Crippen molar-refractivity contribution in [1.29, 1.82) is 0 Å². The highest BCUT2D eigenvalue weighted by molar-refractivity contribution is 7.17. The topological polar surface area (TPSA) is 71.2 Å². The first-order chi connectivity index (χ1) is 9.13. The summed E-state index contributed by atoms with van der Waals surface area (Å²) in [5.74, 6) is -0.0171. The first-order valence-electron chi connectivity index (χ1n) is 6.91. The van der Waals surface area contributed by atoms with Gasteiger partial charge < -0.3 is 16.0 Å². The fourth-order valence-corrected chi connectivity index (χ4v) is 3.46. The average Bonchev–Trinajstić information content (AvgIpc) is 3.16. The Labute approximate surface area is 117 Å². The van der Waals surface area contributed by atoms with Gasteiger partial charge in [0, 0.05) is 25.2 Å². The van der Waals surface area contributed by atoms with Crippen molar-refractivity contribution in [1.82, 2.24) is 15.2 Å². The van der Waals surface area contributed by atoms with Gasteiger partial charge in [0.15, 0.2) is 5.13 Å². The van der Waals surface area contributed by atoms with Crippen LogP contribution >= 0.6 is 11.3 Å². The third-order valence-electron chi connectivity index (χ3n) is 3.95. The summed E-state index contributed by atoms with van der Waals surface area (Å²) in [5.41, 5.74) is 6.36. The highest BCUT2D eigenvalue weighted by Gasteiger charge is 2.32. The van der Waals surface area contributed by atoms with Crippen LogP contribution < -0.4 is 11.1 Å².